The smallest absolute Gasteiger partial charge is 0.304 e. The fourth-order valence-corrected chi connectivity index (χ4v) is 13.3. The van der Waals surface area contributed by atoms with Gasteiger partial charge in [0, 0.05) is 0 Å². The molecule has 15 nitrogen and oxygen atoms in total. The van der Waals surface area contributed by atoms with E-state index in [-0.39, 0.29) is 58.9 Å². The molecular formula is C43H89N3O12S3. The first-order valence-corrected chi connectivity index (χ1v) is 27.5. The second kappa shape index (κ2) is 26.6. The third kappa shape index (κ3) is 17.7. The molecule has 0 aromatic rings. The first kappa shape index (κ1) is 58.5. The first-order chi connectivity index (χ1) is 28.3. The molecule has 4 fully saturated rings. The number of hydrogen-bond acceptors (Lipinski definition) is 12. The van der Waals surface area contributed by atoms with Crippen molar-refractivity contribution in [3.8, 4) is 0 Å². The van der Waals surface area contributed by atoms with Crippen LogP contribution in [-0.2, 0) is 43.7 Å². The maximum Gasteiger partial charge on any atom is 0.397 e. The predicted octanol–water partition coefficient (Wildman–Crippen LogP) is 8.16. The Morgan fingerprint density at radius 3 is 1.38 bits per heavy atom. The average Bonchev–Trinajstić information content (AvgIpc) is 3.54. The van der Waals surface area contributed by atoms with E-state index in [1.807, 2.05) is 13.8 Å². The molecular weight excluding hydrogens is 847 g/mol. The molecule has 0 aromatic carbocycles. The monoisotopic (exact) mass is 936 g/mol. The molecule has 4 saturated carbocycles. The fraction of sp³-hybridized carbons (Fsp3) is 1.00. The minimum Gasteiger partial charge on any atom is -0.304 e. The van der Waals surface area contributed by atoms with Crippen LogP contribution in [0.3, 0.4) is 0 Å². The Bertz CT molecular complexity index is 1520. The second-order valence-corrected chi connectivity index (χ2v) is 21.2. The van der Waals surface area contributed by atoms with Crippen molar-refractivity contribution in [2.45, 2.75) is 160 Å². The Morgan fingerprint density at radius 2 is 1.00 bits per heavy atom. The summed E-state index contributed by atoms with van der Waals surface area (Å²) in [7, 11) is -13.9. The summed E-state index contributed by atoms with van der Waals surface area (Å²) in [5, 5.41) is 0. The Labute approximate surface area is 373 Å². The number of rotatable bonds is 19. The van der Waals surface area contributed by atoms with Gasteiger partial charge in [0.05, 0.1) is 18.8 Å². The fourth-order valence-electron chi connectivity index (χ4n) is 12.0. The van der Waals surface area contributed by atoms with Gasteiger partial charge in [-0.05, 0) is 163 Å². The Hall–Kier alpha value is -0.510. The van der Waals surface area contributed by atoms with Crippen molar-refractivity contribution < 1.29 is 51.5 Å². The highest BCUT2D eigenvalue weighted by atomic mass is 32.3. The van der Waals surface area contributed by atoms with Gasteiger partial charge >= 0.3 is 31.2 Å². The van der Waals surface area contributed by atoms with Gasteiger partial charge in [-0.3, -0.25) is 13.7 Å². The molecule has 4 aliphatic carbocycles. The van der Waals surface area contributed by atoms with Crippen LogP contribution in [0.15, 0.2) is 0 Å². The van der Waals surface area contributed by atoms with Crippen LogP contribution in [0.5, 0.6) is 0 Å². The van der Waals surface area contributed by atoms with E-state index in [9.17, 15) is 34.4 Å². The van der Waals surface area contributed by atoms with Crippen molar-refractivity contribution in [2.75, 3.05) is 65.5 Å². The van der Waals surface area contributed by atoms with Gasteiger partial charge < -0.3 is 14.7 Å². The molecule has 0 amide bonds. The summed E-state index contributed by atoms with van der Waals surface area (Å²) in [6.45, 7) is 38.7. The molecule has 0 saturated heterocycles. The molecule has 0 spiro atoms. The summed E-state index contributed by atoms with van der Waals surface area (Å²) < 4.78 is 113. The van der Waals surface area contributed by atoms with E-state index in [1.54, 1.807) is 0 Å². The van der Waals surface area contributed by atoms with Gasteiger partial charge in [-0.2, -0.15) is 25.3 Å². The van der Waals surface area contributed by atoms with Crippen molar-refractivity contribution in [1.29, 1.82) is 0 Å². The van der Waals surface area contributed by atoms with Gasteiger partial charge in [0.25, 0.3) is 0 Å². The highest BCUT2D eigenvalue weighted by molar-refractivity contribution is 7.81. The lowest BCUT2D eigenvalue weighted by Crippen LogP contribution is -2.63. The summed E-state index contributed by atoms with van der Waals surface area (Å²) in [5.74, 6) is -0.0833. The SMILES string of the molecule is CCN(CC)CC.CCN(CC)CC.CCN(CC)CC.CC[C@H]1[C@@H](OS(=O)(=O)O)[C@@H]2[C@H](CC[C@]3(C)[C@@H]([C@H](C)CCOS(=O)(=O)O)CC[C@@H]23)[C@@]2(C)CC[C@@H](OS(=O)(=O)O)C[C@@H]12. The standard InChI is InChI=1S/C25H44O12S3.3C6H15N/c1-5-17-21-14-16(36-39(29,30)31)8-11-25(21,4)20-9-12-24(3)18(15(2)10-13-35-38(26,27)28)6-7-19(24)22(20)23(17)37-40(32,33)34;3*1-4-7(5-2)6-3/h15-23H,5-14H2,1-4H3,(H,26,27,28)(H,29,30,31)(H,32,33,34);3*4-6H2,1-3H3/t15-,16-,17-,18-,19+,20+,21+,22+,23-,24-,25-;;;/m1.../s1. The zero-order chi connectivity index (χ0) is 47.0. The van der Waals surface area contributed by atoms with Crippen LogP contribution in [0.4, 0.5) is 0 Å². The highest BCUT2D eigenvalue weighted by Crippen LogP contribution is 2.70. The van der Waals surface area contributed by atoms with Crippen LogP contribution in [0.2, 0.25) is 0 Å². The van der Waals surface area contributed by atoms with E-state index in [2.05, 4.69) is 95.0 Å². The summed E-state index contributed by atoms with van der Waals surface area (Å²) >= 11 is 0. The Balaban J connectivity index is 0.000000726. The minimum atomic E-state index is -4.79. The second-order valence-electron chi connectivity index (χ2n) is 18.0. The van der Waals surface area contributed by atoms with Gasteiger partial charge in [-0.15, -0.1) is 0 Å². The normalized spacial score (nSPS) is 31.7. The zero-order valence-corrected chi connectivity index (χ0v) is 42.7. The molecule has 0 radical (unpaired) electrons. The van der Waals surface area contributed by atoms with Crippen LogP contribution < -0.4 is 0 Å². The van der Waals surface area contributed by atoms with E-state index in [0.29, 0.717) is 32.1 Å². The van der Waals surface area contributed by atoms with E-state index in [4.69, 9.17) is 12.9 Å². The molecule has 11 atom stereocenters. The molecule has 366 valence electrons. The van der Waals surface area contributed by atoms with E-state index >= 15 is 0 Å². The van der Waals surface area contributed by atoms with Crippen LogP contribution in [-0.4, -0.2) is 131 Å². The molecule has 0 heterocycles. The molecule has 4 aliphatic rings. The lowest BCUT2D eigenvalue weighted by Gasteiger charge is -2.65. The summed E-state index contributed by atoms with van der Waals surface area (Å²) in [4.78, 5) is 7.12. The lowest BCUT2D eigenvalue weighted by molar-refractivity contribution is -0.195. The summed E-state index contributed by atoms with van der Waals surface area (Å²) in [6, 6.07) is 0. The largest absolute Gasteiger partial charge is 0.397 e. The molecule has 0 aliphatic heterocycles. The predicted molar refractivity (Wildman–Crippen MR) is 244 cm³/mol. The number of hydrogen-bond donors (Lipinski definition) is 3. The summed E-state index contributed by atoms with van der Waals surface area (Å²) in [5.41, 5.74) is -0.413. The van der Waals surface area contributed by atoms with Crippen molar-refractivity contribution in [3.63, 3.8) is 0 Å². The summed E-state index contributed by atoms with van der Waals surface area (Å²) in [6.07, 6.45) is 4.32. The third-order valence-electron chi connectivity index (χ3n) is 15.4. The van der Waals surface area contributed by atoms with Gasteiger partial charge in [0.1, 0.15) is 0 Å². The maximum atomic E-state index is 12.2. The molecule has 61 heavy (non-hydrogen) atoms. The Kier molecular flexibility index (Phi) is 25.5. The Morgan fingerprint density at radius 1 is 0.574 bits per heavy atom. The topological polar surface area (TPSA) is 201 Å². The van der Waals surface area contributed by atoms with Gasteiger partial charge in [0.15, 0.2) is 0 Å². The van der Waals surface area contributed by atoms with E-state index in [0.717, 1.165) is 25.7 Å². The lowest BCUT2D eigenvalue weighted by atomic mass is 9.41. The van der Waals surface area contributed by atoms with E-state index in [1.165, 1.54) is 58.9 Å². The van der Waals surface area contributed by atoms with Crippen molar-refractivity contribution in [2.24, 2.45) is 52.3 Å². The number of fused-ring (bicyclic) bond motifs is 5. The molecule has 18 heteroatoms. The van der Waals surface area contributed by atoms with E-state index < -0.39 is 43.4 Å². The molecule has 4 rings (SSSR count). The van der Waals surface area contributed by atoms with Gasteiger partial charge in [-0.1, -0.05) is 96.4 Å². The van der Waals surface area contributed by atoms with Crippen LogP contribution in [0.25, 0.3) is 0 Å². The molecule has 3 N–H and O–H groups in total. The average molecular weight is 936 g/mol. The highest BCUT2D eigenvalue weighted by Gasteiger charge is 2.66. The van der Waals surface area contributed by atoms with Crippen LogP contribution >= 0.6 is 0 Å². The first-order valence-electron chi connectivity index (χ1n) is 23.4. The molecule has 0 aromatic heterocycles. The van der Waals surface area contributed by atoms with Crippen LogP contribution in [0.1, 0.15) is 148 Å². The third-order valence-corrected chi connectivity index (χ3v) is 16.9. The minimum absolute atomic E-state index is 0.0775. The van der Waals surface area contributed by atoms with Crippen LogP contribution in [0, 0.1) is 52.3 Å². The van der Waals surface area contributed by atoms with Crippen molar-refractivity contribution >= 4 is 31.2 Å². The van der Waals surface area contributed by atoms with Crippen molar-refractivity contribution in [3.05, 3.63) is 0 Å². The molecule has 0 unspecified atom stereocenters. The number of nitrogens with zero attached hydrogens (tertiary/aromatic N) is 3. The quantitative estimate of drug-likeness (QED) is 0.105. The van der Waals surface area contributed by atoms with Crippen molar-refractivity contribution in [1.82, 2.24) is 14.7 Å². The molecule has 0 bridgehead atoms. The maximum absolute atomic E-state index is 12.2. The van der Waals surface area contributed by atoms with Gasteiger partial charge in [-0.25, -0.2) is 12.5 Å². The zero-order valence-electron chi connectivity index (χ0n) is 40.2. The van der Waals surface area contributed by atoms with Gasteiger partial charge in [0.2, 0.25) is 0 Å².